The van der Waals surface area contributed by atoms with E-state index in [1.807, 2.05) is 0 Å². The Morgan fingerprint density at radius 3 is 2.43 bits per heavy atom. The lowest BCUT2D eigenvalue weighted by atomic mass is 10.2. The molecule has 7 heteroatoms. The number of hydrogen-bond donors (Lipinski definition) is 2. The van der Waals surface area contributed by atoms with Crippen LogP contribution in [0.1, 0.15) is 30.6 Å². The van der Waals surface area contributed by atoms with E-state index in [0.717, 1.165) is 30.4 Å². The SMILES string of the molecule is CC[NH+](CC)CCCNC(=O)c1cccc(S(=O)(=O)N(C)C)c1. The van der Waals surface area contributed by atoms with Crippen molar-refractivity contribution < 1.29 is 18.1 Å². The van der Waals surface area contributed by atoms with Crippen LogP contribution in [0.15, 0.2) is 29.2 Å². The van der Waals surface area contributed by atoms with Gasteiger partial charge in [-0.15, -0.1) is 0 Å². The first-order valence-electron chi connectivity index (χ1n) is 7.97. The van der Waals surface area contributed by atoms with E-state index in [1.54, 1.807) is 12.1 Å². The molecule has 0 spiro atoms. The van der Waals surface area contributed by atoms with Crippen molar-refractivity contribution in [3.05, 3.63) is 29.8 Å². The zero-order valence-electron chi connectivity index (χ0n) is 14.4. The molecule has 0 aliphatic heterocycles. The van der Waals surface area contributed by atoms with E-state index < -0.39 is 10.0 Å². The zero-order chi connectivity index (χ0) is 17.5. The molecule has 0 heterocycles. The highest BCUT2D eigenvalue weighted by atomic mass is 32.2. The van der Waals surface area contributed by atoms with Crippen molar-refractivity contribution in [2.75, 3.05) is 40.3 Å². The lowest BCUT2D eigenvalue weighted by molar-refractivity contribution is -0.896. The number of benzene rings is 1. The van der Waals surface area contributed by atoms with Crippen LogP contribution in [0, 0.1) is 0 Å². The fourth-order valence-electron chi connectivity index (χ4n) is 2.25. The van der Waals surface area contributed by atoms with Crippen molar-refractivity contribution in [3.8, 4) is 0 Å². The minimum Gasteiger partial charge on any atom is -0.352 e. The third-order valence-corrected chi connectivity index (χ3v) is 5.68. The number of quaternary nitrogens is 1. The maximum atomic E-state index is 12.2. The van der Waals surface area contributed by atoms with Gasteiger partial charge in [0.2, 0.25) is 10.0 Å². The average molecular weight is 342 g/mol. The number of carbonyl (C=O) groups excluding carboxylic acids is 1. The smallest absolute Gasteiger partial charge is 0.251 e. The summed E-state index contributed by atoms with van der Waals surface area (Å²) in [5, 5.41) is 2.85. The number of sulfonamides is 1. The highest BCUT2D eigenvalue weighted by molar-refractivity contribution is 7.89. The van der Waals surface area contributed by atoms with Crippen LogP contribution < -0.4 is 10.2 Å². The molecule has 0 unspecified atom stereocenters. The normalized spacial score (nSPS) is 11.9. The molecule has 0 saturated carbocycles. The van der Waals surface area contributed by atoms with Crippen LogP contribution in [0.4, 0.5) is 0 Å². The Labute approximate surface area is 139 Å². The quantitative estimate of drug-likeness (QED) is 0.620. The fraction of sp³-hybridized carbons (Fsp3) is 0.562. The van der Waals surface area contributed by atoms with Crippen molar-refractivity contribution in [2.24, 2.45) is 0 Å². The van der Waals surface area contributed by atoms with Crippen molar-refractivity contribution in [2.45, 2.75) is 25.2 Å². The zero-order valence-corrected chi connectivity index (χ0v) is 15.2. The van der Waals surface area contributed by atoms with Crippen LogP contribution >= 0.6 is 0 Å². The molecular formula is C16H28N3O3S+. The summed E-state index contributed by atoms with van der Waals surface area (Å²) in [5.74, 6) is -0.240. The Morgan fingerprint density at radius 1 is 1.22 bits per heavy atom. The lowest BCUT2D eigenvalue weighted by Gasteiger charge is -2.15. The third kappa shape index (κ3) is 5.60. The van der Waals surface area contributed by atoms with Gasteiger partial charge >= 0.3 is 0 Å². The van der Waals surface area contributed by atoms with Gasteiger partial charge in [-0.2, -0.15) is 0 Å². The topological polar surface area (TPSA) is 70.9 Å². The second-order valence-corrected chi connectivity index (χ2v) is 7.78. The summed E-state index contributed by atoms with van der Waals surface area (Å²) in [5.41, 5.74) is 0.364. The molecule has 6 nitrogen and oxygen atoms in total. The van der Waals surface area contributed by atoms with Gasteiger partial charge in [-0.3, -0.25) is 4.79 Å². The largest absolute Gasteiger partial charge is 0.352 e. The number of carbonyl (C=O) groups is 1. The van der Waals surface area contributed by atoms with Gasteiger partial charge < -0.3 is 10.2 Å². The molecule has 1 rings (SSSR count). The highest BCUT2D eigenvalue weighted by Crippen LogP contribution is 2.14. The molecule has 1 aromatic rings. The Morgan fingerprint density at radius 2 is 1.87 bits per heavy atom. The summed E-state index contributed by atoms with van der Waals surface area (Å²) < 4.78 is 25.3. The van der Waals surface area contributed by atoms with Gasteiger partial charge in [0.1, 0.15) is 0 Å². The van der Waals surface area contributed by atoms with Gasteiger partial charge in [-0.05, 0) is 32.0 Å². The molecular weight excluding hydrogens is 314 g/mol. The Kier molecular flexibility index (Phi) is 7.67. The highest BCUT2D eigenvalue weighted by Gasteiger charge is 2.18. The van der Waals surface area contributed by atoms with Crippen LogP contribution in [-0.4, -0.2) is 58.9 Å². The van der Waals surface area contributed by atoms with E-state index in [2.05, 4.69) is 19.2 Å². The van der Waals surface area contributed by atoms with Crippen molar-refractivity contribution >= 4 is 15.9 Å². The summed E-state index contributed by atoms with van der Waals surface area (Å²) in [6.45, 7) is 8.06. The molecule has 0 radical (unpaired) electrons. The Hall–Kier alpha value is -1.44. The van der Waals surface area contributed by atoms with E-state index in [1.165, 1.54) is 31.1 Å². The first-order valence-corrected chi connectivity index (χ1v) is 9.41. The summed E-state index contributed by atoms with van der Waals surface area (Å²) in [7, 11) is -0.586. The summed E-state index contributed by atoms with van der Waals surface area (Å²) in [4.78, 5) is 13.8. The molecule has 0 bridgehead atoms. The number of nitrogens with one attached hydrogen (secondary N) is 2. The number of hydrogen-bond acceptors (Lipinski definition) is 3. The standard InChI is InChI=1S/C16H27N3O3S/c1-5-19(6-2)12-8-11-17-16(20)14-9-7-10-15(13-14)23(21,22)18(3)4/h7,9-10,13H,5-6,8,11-12H2,1-4H3,(H,17,20)/p+1. The Balaban J connectivity index is 2.64. The molecule has 23 heavy (non-hydrogen) atoms. The van der Waals surface area contributed by atoms with Gasteiger partial charge in [0.25, 0.3) is 5.91 Å². The minimum atomic E-state index is -3.53. The monoisotopic (exact) mass is 342 g/mol. The van der Waals surface area contributed by atoms with E-state index in [4.69, 9.17) is 0 Å². The first kappa shape index (κ1) is 19.6. The second-order valence-electron chi connectivity index (χ2n) is 5.63. The number of rotatable bonds is 9. The third-order valence-electron chi connectivity index (χ3n) is 3.87. The van der Waals surface area contributed by atoms with Crippen LogP contribution in [-0.2, 0) is 10.0 Å². The molecule has 0 atom stereocenters. The number of nitrogens with zero attached hydrogens (tertiary/aromatic N) is 1. The molecule has 130 valence electrons. The lowest BCUT2D eigenvalue weighted by Crippen LogP contribution is -3.11. The minimum absolute atomic E-state index is 0.128. The Bertz CT molecular complexity index is 611. The summed E-state index contributed by atoms with van der Waals surface area (Å²) in [6.07, 6.45) is 0.901. The maximum absolute atomic E-state index is 12.2. The molecule has 0 saturated heterocycles. The molecule has 0 fully saturated rings. The van der Waals surface area contributed by atoms with E-state index in [-0.39, 0.29) is 10.8 Å². The average Bonchev–Trinajstić information content (AvgIpc) is 2.54. The number of amides is 1. The van der Waals surface area contributed by atoms with Crippen LogP contribution in [0.5, 0.6) is 0 Å². The second kappa shape index (κ2) is 9.00. The fourth-order valence-corrected chi connectivity index (χ4v) is 3.20. The predicted molar refractivity (Wildman–Crippen MR) is 91.2 cm³/mol. The van der Waals surface area contributed by atoms with Crippen molar-refractivity contribution in [1.82, 2.24) is 9.62 Å². The van der Waals surface area contributed by atoms with E-state index in [0.29, 0.717) is 12.1 Å². The van der Waals surface area contributed by atoms with Crippen LogP contribution in [0.3, 0.4) is 0 Å². The van der Waals surface area contributed by atoms with Gasteiger partial charge in [-0.1, -0.05) is 6.07 Å². The molecule has 0 aliphatic rings. The van der Waals surface area contributed by atoms with Crippen molar-refractivity contribution in [3.63, 3.8) is 0 Å². The summed E-state index contributed by atoms with van der Waals surface area (Å²) in [6, 6.07) is 6.13. The van der Waals surface area contributed by atoms with Crippen molar-refractivity contribution in [1.29, 1.82) is 0 Å². The molecule has 2 N–H and O–H groups in total. The maximum Gasteiger partial charge on any atom is 0.251 e. The molecule has 0 aliphatic carbocycles. The van der Waals surface area contributed by atoms with E-state index in [9.17, 15) is 13.2 Å². The molecule has 0 aromatic heterocycles. The van der Waals surface area contributed by atoms with Gasteiger partial charge in [0.15, 0.2) is 0 Å². The van der Waals surface area contributed by atoms with Crippen LogP contribution in [0.25, 0.3) is 0 Å². The first-order chi connectivity index (χ1) is 10.8. The van der Waals surface area contributed by atoms with Gasteiger partial charge in [0.05, 0.1) is 24.5 Å². The molecule has 1 aromatic carbocycles. The van der Waals surface area contributed by atoms with Gasteiger partial charge in [0, 0.05) is 32.6 Å². The summed E-state index contributed by atoms with van der Waals surface area (Å²) >= 11 is 0. The van der Waals surface area contributed by atoms with Gasteiger partial charge in [-0.25, -0.2) is 12.7 Å². The van der Waals surface area contributed by atoms with Crippen LogP contribution in [0.2, 0.25) is 0 Å². The van der Waals surface area contributed by atoms with E-state index >= 15 is 0 Å². The predicted octanol–water partition coefficient (Wildman–Crippen LogP) is -0.0185. The molecule has 1 amide bonds.